The van der Waals surface area contributed by atoms with Crippen molar-refractivity contribution in [2.75, 3.05) is 11.9 Å². The standard InChI is InChI=1S/C14H15N3O2/c1-10-9-11(2)16-13(15-10)19-14(18)17(3)12-7-5-4-6-8-12/h4-9H,1-3H3. The van der Waals surface area contributed by atoms with Gasteiger partial charge in [0.15, 0.2) is 0 Å². The second-order valence-electron chi connectivity index (χ2n) is 4.20. The molecule has 1 heterocycles. The molecule has 0 bridgehead atoms. The number of ether oxygens (including phenoxy) is 1. The summed E-state index contributed by atoms with van der Waals surface area (Å²) in [6.07, 6.45) is -0.517. The van der Waals surface area contributed by atoms with Crippen LogP contribution in [0.25, 0.3) is 0 Å². The van der Waals surface area contributed by atoms with E-state index >= 15 is 0 Å². The maximum atomic E-state index is 12.0. The van der Waals surface area contributed by atoms with Gasteiger partial charge < -0.3 is 4.74 Å². The number of aromatic nitrogens is 2. The first-order valence-electron chi connectivity index (χ1n) is 5.89. The zero-order valence-electron chi connectivity index (χ0n) is 11.1. The van der Waals surface area contributed by atoms with E-state index in [0.717, 1.165) is 17.1 Å². The lowest BCUT2D eigenvalue weighted by Crippen LogP contribution is -2.30. The molecule has 0 aliphatic rings. The number of para-hydroxylation sites is 1. The Morgan fingerprint density at radius 2 is 1.68 bits per heavy atom. The molecule has 2 rings (SSSR count). The van der Waals surface area contributed by atoms with Crippen LogP contribution in [0.2, 0.25) is 0 Å². The van der Waals surface area contributed by atoms with E-state index in [4.69, 9.17) is 4.74 Å². The molecule has 1 aromatic carbocycles. The van der Waals surface area contributed by atoms with Crippen molar-refractivity contribution in [3.05, 3.63) is 47.8 Å². The normalized spacial score (nSPS) is 10.1. The predicted molar refractivity (Wildman–Crippen MR) is 72.4 cm³/mol. The maximum absolute atomic E-state index is 12.0. The molecule has 5 heteroatoms. The number of anilines is 1. The molecule has 0 saturated heterocycles. The van der Waals surface area contributed by atoms with E-state index in [-0.39, 0.29) is 6.01 Å². The van der Waals surface area contributed by atoms with E-state index in [1.807, 2.05) is 50.2 Å². The smallest absolute Gasteiger partial charge is 0.374 e. The largest absolute Gasteiger partial charge is 0.421 e. The minimum absolute atomic E-state index is 0.0743. The van der Waals surface area contributed by atoms with Crippen molar-refractivity contribution in [3.8, 4) is 6.01 Å². The molecule has 0 radical (unpaired) electrons. The van der Waals surface area contributed by atoms with Crippen LogP contribution in [0.4, 0.5) is 10.5 Å². The van der Waals surface area contributed by atoms with Gasteiger partial charge in [0.25, 0.3) is 0 Å². The first kappa shape index (κ1) is 13.0. The second-order valence-corrected chi connectivity index (χ2v) is 4.20. The predicted octanol–water partition coefficient (Wildman–Crippen LogP) is 2.73. The molecule has 0 saturated carbocycles. The summed E-state index contributed by atoms with van der Waals surface area (Å²) in [5.41, 5.74) is 2.27. The first-order chi connectivity index (χ1) is 9.06. The van der Waals surface area contributed by atoms with Crippen LogP contribution in [0.5, 0.6) is 6.01 Å². The lowest BCUT2D eigenvalue weighted by Gasteiger charge is -2.16. The fourth-order valence-corrected chi connectivity index (χ4v) is 1.64. The number of carbonyl (C=O) groups is 1. The number of nitrogens with zero attached hydrogens (tertiary/aromatic N) is 3. The Kier molecular flexibility index (Phi) is 3.75. The third-order valence-corrected chi connectivity index (χ3v) is 2.56. The summed E-state index contributed by atoms with van der Waals surface area (Å²) >= 11 is 0. The third-order valence-electron chi connectivity index (χ3n) is 2.56. The van der Waals surface area contributed by atoms with E-state index in [2.05, 4.69) is 9.97 Å². The Bertz CT molecular complexity index is 564. The van der Waals surface area contributed by atoms with Gasteiger partial charge in [-0.15, -0.1) is 0 Å². The minimum atomic E-state index is -0.517. The van der Waals surface area contributed by atoms with E-state index < -0.39 is 6.09 Å². The average molecular weight is 257 g/mol. The van der Waals surface area contributed by atoms with Gasteiger partial charge in [-0.2, -0.15) is 0 Å². The van der Waals surface area contributed by atoms with Crippen molar-refractivity contribution in [1.82, 2.24) is 9.97 Å². The number of rotatable bonds is 2. The number of amides is 1. The van der Waals surface area contributed by atoms with E-state index in [1.165, 1.54) is 4.90 Å². The Morgan fingerprint density at radius 3 is 2.26 bits per heavy atom. The Balaban J connectivity index is 2.13. The molecule has 2 aromatic rings. The fraction of sp³-hybridized carbons (Fsp3) is 0.214. The highest BCUT2D eigenvalue weighted by Crippen LogP contribution is 2.13. The molecule has 5 nitrogen and oxygen atoms in total. The lowest BCUT2D eigenvalue weighted by molar-refractivity contribution is 0.205. The molecule has 1 amide bonds. The van der Waals surface area contributed by atoms with Crippen LogP contribution in [0.1, 0.15) is 11.4 Å². The Labute approximate surface area is 111 Å². The highest BCUT2D eigenvalue weighted by atomic mass is 16.6. The van der Waals surface area contributed by atoms with Gasteiger partial charge in [0, 0.05) is 24.1 Å². The summed E-state index contributed by atoms with van der Waals surface area (Å²) in [5.74, 6) is 0. The second kappa shape index (κ2) is 5.48. The summed E-state index contributed by atoms with van der Waals surface area (Å²) in [5, 5.41) is 0. The maximum Gasteiger partial charge on any atom is 0.421 e. The average Bonchev–Trinajstić information content (AvgIpc) is 2.37. The molecule has 0 fully saturated rings. The van der Waals surface area contributed by atoms with Crippen LogP contribution in [0.3, 0.4) is 0 Å². The summed E-state index contributed by atoms with van der Waals surface area (Å²) in [6.45, 7) is 3.65. The Morgan fingerprint density at radius 1 is 1.11 bits per heavy atom. The van der Waals surface area contributed by atoms with Gasteiger partial charge >= 0.3 is 12.1 Å². The molecule has 1 aromatic heterocycles. The van der Waals surface area contributed by atoms with E-state index in [0.29, 0.717) is 0 Å². The van der Waals surface area contributed by atoms with Gasteiger partial charge in [0.05, 0.1) is 0 Å². The van der Waals surface area contributed by atoms with Gasteiger partial charge in [-0.3, -0.25) is 4.90 Å². The van der Waals surface area contributed by atoms with Crippen LogP contribution < -0.4 is 9.64 Å². The lowest BCUT2D eigenvalue weighted by atomic mass is 10.3. The van der Waals surface area contributed by atoms with Gasteiger partial charge in [0.1, 0.15) is 0 Å². The zero-order valence-corrected chi connectivity index (χ0v) is 11.1. The molecular formula is C14H15N3O2. The highest BCUT2D eigenvalue weighted by molar-refractivity contribution is 5.88. The molecule has 0 spiro atoms. The fourth-order valence-electron chi connectivity index (χ4n) is 1.64. The van der Waals surface area contributed by atoms with Crippen molar-refractivity contribution in [2.45, 2.75) is 13.8 Å². The molecule has 19 heavy (non-hydrogen) atoms. The van der Waals surface area contributed by atoms with Gasteiger partial charge in [0.2, 0.25) is 0 Å². The van der Waals surface area contributed by atoms with E-state index in [1.54, 1.807) is 7.05 Å². The van der Waals surface area contributed by atoms with E-state index in [9.17, 15) is 4.79 Å². The van der Waals surface area contributed by atoms with Crippen molar-refractivity contribution in [1.29, 1.82) is 0 Å². The minimum Gasteiger partial charge on any atom is -0.374 e. The quantitative estimate of drug-likeness (QED) is 0.830. The van der Waals surface area contributed by atoms with Gasteiger partial charge in [-0.25, -0.2) is 14.8 Å². The van der Waals surface area contributed by atoms with Gasteiger partial charge in [-0.1, -0.05) is 18.2 Å². The SMILES string of the molecule is Cc1cc(C)nc(OC(=O)N(C)c2ccccc2)n1. The monoisotopic (exact) mass is 257 g/mol. The number of aryl methyl sites for hydroxylation is 2. The number of benzene rings is 1. The Hall–Kier alpha value is -2.43. The topological polar surface area (TPSA) is 55.3 Å². The molecule has 98 valence electrons. The first-order valence-corrected chi connectivity index (χ1v) is 5.89. The molecule has 0 N–H and O–H groups in total. The summed E-state index contributed by atoms with van der Waals surface area (Å²) in [4.78, 5) is 21.5. The van der Waals surface area contributed by atoms with Crippen molar-refractivity contribution in [3.63, 3.8) is 0 Å². The van der Waals surface area contributed by atoms with Gasteiger partial charge in [-0.05, 0) is 32.0 Å². The summed E-state index contributed by atoms with van der Waals surface area (Å²) < 4.78 is 5.16. The van der Waals surface area contributed by atoms with Crippen LogP contribution in [0.15, 0.2) is 36.4 Å². The summed E-state index contributed by atoms with van der Waals surface area (Å²) in [7, 11) is 1.64. The zero-order chi connectivity index (χ0) is 13.8. The van der Waals surface area contributed by atoms with Crippen LogP contribution >= 0.6 is 0 Å². The van der Waals surface area contributed by atoms with Crippen molar-refractivity contribution in [2.24, 2.45) is 0 Å². The van der Waals surface area contributed by atoms with Crippen LogP contribution in [-0.2, 0) is 0 Å². The molecule has 0 aliphatic heterocycles. The number of carbonyl (C=O) groups excluding carboxylic acids is 1. The van der Waals surface area contributed by atoms with Crippen LogP contribution in [0, 0.1) is 13.8 Å². The third kappa shape index (κ3) is 3.28. The highest BCUT2D eigenvalue weighted by Gasteiger charge is 2.14. The molecular weight excluding hydrogens is 242 g/mol. The van der Waals surface area contributed by atoms with Crippen molar-refractivity contribution < 1.29 is 9.53 Å². The van der Waals surface area contributed by atoms with Crippen LogP contribution in [-0.4, -0.2) is 23.1 Å². The number of hydrogen-bond donors (Lipinski definition) is 0. The molecule has 0 atom stereocenters. The van der Waals surface area contributed by atoms with Crippen molar-refractivity contribution >= 4 is 11.8 Å². The number of hydrogen-bond acceptors (Lipinski definition) is 4. The molecule has 0 aliphatic carbocycles. The summed E-state index contributed by atoms with van der Waals surface area (Å²) in [6, 6.07) is 11.1. The molecule has 0 unspecified atom stereocenters.